The first-order valence-corrected chi connectivity index (χ1v) is 9.50. The van der Waals surface area contributed by atoms with E-state index >= 15 is 0 Å². The van der Waals surface area contributed by atoms with Gasteiger partial charge in [-0.2, -0.15) is 0 Å². The van der Waals surface area contributed by atoms with E-state index in [9.17, 15) is 9.59 Å². The van der Waals surface area contributed by atoms with E-state index in [0.29, 0.717) is 38.0 Å². The first-order chi connectivity index (χ1) is 13.5. The number of furan rings is 1. The van der Waals surface area contributed by atoms with Crippen LogP contribution in [0.25, 0.3) is 11.0 Å². The van der Waals surface area contributed by atoms with E-state index in [1.807, 2.05) is 37.3 Å². The van der Waals surface area contributed by atoms with Gasteiger partial charge in [-0.3, -0.25) is 9.59 Å². The molecule has 3 heterocycles. The monoisotopic (exact) mass is 377 g/mol. The molecule has 144 valence electrons. The maximum absolute atomic E-state index is 12.6. The van der Waals surface area contributed by atoms with Gasteiger partial charge in [0.2, 0.25) is 11.8 Å². The Morgan fingerprint density at radius 3 is 2.93 bits per heavy atom. The number of carbonyl (C=O) groups excluding carboxylic acids is 2. The van der Waals surface area contributed by atoms with Crippen molar-refractivity contribution in [2.75, 3.05) is 12.4 Å². The molecule has 0 saturated carbocycles. The molecule has 1 aromatic carbocycles. The lowest BCUT2D eigenvalue weighted by molar-refractivity contribution is -0.130. The van der Waals surface area contributed by atoms with E-state index in [-0.39, 0.29) is 11.8 Å². The number of aryl methyl sites for hydroxylation is 3. The minimum absolute atomic E-state index is 0.00503. The van der Waals surface area contributed by atoms with Crippen molar-refractivity contribution in [2.24, 2.45) is 0 Å². The molecule has 1 aliphatic rings. The van der Waals surface area contributed by atoms with Gasteiger partial charge in [0.15, 0.2) is 0 Å². The predicted molar refractivity (Wildman–Crippen MR) is 107 cm³/mol. The third-order valence-corrected chi connectivity index (χ3v) is 5.28. The molecular weight excluding hydrogens is 354 g/mol. The fourth-order valence-electron chi connectivity index (χ4n) is 3.56. The van der Waals surface area contributed by atoms with Gasteiger partial charge in [0.1, 0.15) is 17.2 Å². The Hall–Kier alpha value is -3.15. The molecule has 1 aliphatic heterocycles. The number of anilines is 1. The Bertz CT molecular complexity index is 1050. The number of para-hydroxylation sites is 1. The number of benzene rings is 1. The molecule has 0 bridgehead atoms. The summed E-state index contributed by atoms with van der Waals surface area (Å²) in [5, 5.41) is 3.87. The van der Waals surface area contributed by atoms with Crippen molar-refractivity contribution in [1.82, 2.24) is 9.88 Å². The van der Waals surface area contributed by atoms with Crippen LogP contribution < -0.4 is 5.32 Å². The molecule has 0 saturated heterocycles. The Balaban J connectivity index is 1.38. The highest BCUT2D eigenvalue weighted by Gasteiger charge is 2.18. The molecule has 6 heteroatoms. The molecule has 0 spiro atoms. The van der Waals surface area contributed by atoms with Crippen LogP contribution in [-0.4, -0.2) is 28.7 Å². The number of fused-ring (bicyclic) bond motifs is 2. The SMILES string of the molecule is Cc1c(CN(C)C(=O)CCc2cnc3c(c2)CCC(=O)N3)oc2ccccc12. The summed E-state index contributed by atoms with van der Waals surface area (Å²) in [7, 11) is 1.80. The lowest BCUT2D eigenvalue weighted by Gasteiger charge is -2.18. The summed E-state index contributed by atoms with van der Waals surface area (Å²) in [6.07, 6.45) is 3.94. The molecule has 2 aromatic heterocycles. The summed E-state index contributed by atoms with van der Waals surface area (Å²) in [6.45, 7) is 2.48. The second kappa shape index (κ2) is 7.46. The summed E-state index contributed by atoms with van der Waals surface area (Å²) in [4.78, 5) is 30.0. The van der Waals surface area contributed by atoms with Crippen LogP contribution in [0, 0.1) is 6.92 Å². The quantitative estimate of drug-likeness (QED) is 0.737. The number of carbonyl (C=O) groups is 2. The number of hydrogen-bond donors (Lipinski definition) is 1. The predicted octanol–water partition coefficient (Wildman–Crippen LogP) is 3.61. The zero-order valence-electron chi connectivity index (χ0n) is 16.1. The molecule has 0 unspecified atom stereocenters. The van der Waals surface area contributed by atoms with Crippen molar-refractivity contribution in [3.63, 3.8) is 0 Å². The molecule has 0 radical (unpaired) electrons. The summed E-state index contributed by atoms with van der Waals surface area (Å²) in [5.41, 5.74) is 3.98. The minimum Gasteiger partial charge on any atom is -0.459 e. The minimum atomic E-state index is 0.00503. The number of amides is 2. The van der Waals surface area contributed by atoms with E-state index in [0.717, 1.165) is 33.4 Å². The second-order valence-electron chi connectivity index (χ2n) is 7.30. The first-order valence-electron chi connectivity index (χ1n) is 9.50. The third-order valence-electron chi connectivity index (χ3n) is 5.28. The van der Waals surface area contributed by atoms with Crippen molar-refractivity contribution >= 4 is 28.6 Å². The van der Waals surface area contributed by atoms with Gasteiger partial charge in [-0.25, -0.2) is 4.98 Å². The molecular formula is C22H23N3O3. The maximum Gasteiger partial charge on any atom is 0.225 e. The first kappa shape index (κ1) is 18.2. The van der Waals surface area contributed by atoms with Crippen LogP contribution in [0.2, 0.25) is 0 Å². The van der Waals surface area contributed by atoms with Gasteiger partial charge in [-0.1, -0.05) is 24.3 Å². The molecule has 0 aliphatic carbocycles. The fraction of sp³-hybridized carbons (Fsp3) is 0.318. The van der Waals surface area contributed by atoms with Gasteiger partial charge < -0.3 is 14.6 Å². The van der Waals surface area contributed by atoms with Crippen molar-refractivity contribution in [2.45, 2.75) is 39.2 Å². The highest BCUT2D eigenvalue weighted by Crippen LogP contribution is 2.26. The van der Waals surface area contributed by atoms with E-state index in [2.05, 4.69) is 10.3 Å². The smallest absolute Gasteiger partial charge is 0.225 e. The number of hydrogen-bond acceptors (Lipinski definition) is 4. The molecule has 6 nitrogen and oxygen atoms in total. The second-order valence-corrected chi connectivity index (χ2v) is 7.30. The number of nitrogens with zero attached hydrogens (tertiary/aromatic N) is 2. The summed E-state index contributed by atoms with van der Waals surface area (Å²) >= 11 is 0. The topological polar surface area (TPSA) is 75.4 Å². The Kier molecular flexibility index (Phi) is 4.86. The van der Waals surface area contributed by atoms with E-state index < -0.39 is 0 Å². The number of pyridine rings is 1. The molecule has 4 rings (SSSR count). The summed E-state index contributed by atoms with van der Waals surface area (Å²) in [5.74, 6) is 1.53. The van der Waals surface area contributed by atoms with Gasteiger partial charge >= 0.3 is 0 Å². The molecule has 0 fully saturated rings. The van der Waals surface area contributed by atoms with Crippen LogP contribution in [0.15, 0.2) is 40.9 Å². The van der Waals surface area contributed by atoms with Crippen molar-refractivity contribution < 1.29 is 14.0 Å². The van der Waals surface area contributed by atoms with E-state index in [1.54, 1.807) is 18.1 Å². The third kappa shape index (κ3) is 3.63. The van der Waals surface area contributed by atoms with Crippen LogP contribution in [0.5, 0.6) is 0 Å². The van der Waals surface area contributed by atoms with Crippen molar-refractivity contribution in [3.05, 3.63) is 59.0 Å². The molecule has 0 atom stereocenters. The van der Waals surface area contributed by atoms with Crippen molar-refractivity contribution in [3.8, 4) is 0 Å². The number of aromatic nitrogens is 1. The number of rotatable bonds is 5. The van der Waals surface area contributed by atoms with Crippen LogP contribution in [0.3, 0.4) is 0 Å². The average Bonchev–Trinajstić information content (AvgIpc) is 3.01. The number of nitrogens with one attached hydrogen (secondary N) is 1. The molecule has 1 N–H and O–H groups in total. The normalized spacial score (nSPS) is 13.3. The zero-order valence-corrected chi connectivity index (χ0v) is 16.1. The Morgan fingerprint density at radius 2 is 2.11 bits per heavy atom. The lowest BCUT2D eigenvalue weighted by atomic mass is 10.0. The highest BCUT2D eigenvalue weighted by atomic mass is 16.3. The van der Waals surface area contributed by atoms with Crippen LogP contribution in [0.1, 0.15) is 35.3 Å². The van der Waals surface area contributed by atoms with Gasteiger partial charge in [0.05, 0.1) is 6.54 Å². The van der Waals surface area contributed by atoms with Crippen LogP contribution in [-0.2, 0) is 29.0 Å². The van der Waals surface area contributed by atoms with Crippen molar-refractivity contribution in [1.29, 1.82) is 0 Å². The largest absolute Gasteiger partial charge is 0.459 e. The van der Waals surface area contributed by atoms with Gasteiger partial charge in [0.25, 0.3) is 0 Å². The molecule has 2 amide bonds. The molecule has 3 aromatic rings. The standard InChI is InChI=1S/C22H23N3O3/c1-14-17-5-3-4-6-18(17)28-19(14)13-25(2)21(27)10-7-15-11-16-8-9-20(26)24-22(16)23-12-15/h3-6,11-12H,7-10,13H2,1-2H3,(H,23,24,26). The zero-order chi connectivity index (χ0) is 19.7. The average molecular weight is 377 g/mol. The summed E-state index contributed by atoms with van der Waals surface area (Å²) in [6, 6.07) is 9.95. The molecule has 28 heavy (non-hydrogen) atoms. The Morgan fingerprint density at radius 1 is 1.29 bits per heavy atom. The maximum atomic E-state index is 12.6. The summed E-state index contributed by atoms with van der Waals surface area (Å²) < 4.78 is 5.91. The van der Waals surface area contributed by atoms with E-state index in [4.69, 9.17) is 4.42 Å². The van der Waals surface area contributed by atoms with Gasteiger partial charge in [-0.15, -0.1) is 0 Å². The highest BCUT2D eigenvalue weighted by molar-refractivity contribution is 5.92. The van der Waals surface area contributed by atoms with Gasteiger partial charge in [0, 0.05) is 37.0 Å². The lowest BCUT2D eigenvalue weighted by Crippen LogP contribution is -2.26. The fourth-order valence-corrected chi connectivity index (χ4v) is 3.56. The van der Waals surface area contributed by atoms with Crippen LogP contribution in [0.4, 0.5) is 5.82 Å². The van der Waals surface area contributed by atoms with Crippen LogP contribution >= 0.6 is 0 Å². The van der Waals surface area contributed by atoms with Gasteiger partial charge in [-0.05, 0) is 37.0 Å². The van der Waals surface area contributed by atoms with E-state index in [1.165, 1.54) is 0 Å². The Labute approximate surface area is 163 Å².